The lowest BCUT2D eigenvalue weighted by atomic mass is 9.88. The zero-order valence-corrected chi connectivity index (χ0v) is 11.6. The molecular formula is C15H22N2O. The number of carbonyl (C=O) groups is 1. The third kappa shape index (κ3) is 2.89. The Hall–Kier alpha value is -1.38. The zero-order valence-electron chi connectivity index (χ0n) is 11.6. The Morgan fingerprint density at radius 2 is 2.33 bits per heavy atom. The molecule has 1 aliphatic rings. The molecule has 0 fully saturated rings. The fourth-order valence-corrected chi connectivity index (χ4v) is 2.41. The SMILES string of the molecule is CCc1cc(CC(=O)C2=CCC(C)CC2)n(C)n1. The van der Waals surface area contributed by atoms with Crippen LogP contribution >= 0.6 is 0 Å². The lowest BCUT2D eigenvalue weighted by Crippen LogP contribution is -2.13. The third-order valence-corrected chi connectivity index (χ3v) is 3.76. The van der Waals surface area contributed by atoms with Crippen LogP contribution in [0.2, 0.25) is 0 Å². The largest absolute Gasteiger partial charge is 0.294 e. The first kappa shape index (κ1) is 13.1. The molecule has 2 rings (SSSR count). The summed E-state index contributed by atoms with van der Waals surface area (Å²) >= 11 is 0. The van der Waals surface area contributed by atoms with Crippen molar-refractivity contribution in [2.24, 2.45) is 13.0 Å². The molecule has 3 heteroatoms. The summed E-state index contributed by atoms with van der Waals surface area (Å²) in [6, 6.07) is 2.05. The van der Waals surface area contributed by atoms with Crippen molar-refractivity contribution in [1.82, 2.24) is 9.78 Å². The van der Waals surface area contributed by atoms with Crippen LogP contribution in [-0.4, -0.2) is 15.6 Å². The number of hydrogen-bond donors (Lipinski definition) is 0. The van der Waals surface area contributed by atoms with E-state index in [0.29, 0.717) is 6.42 Å². The van der Waals surface area contributed by atoms with Crippen molar-refractivity contribution in [3.63, 3.8) is 0 Å². The minimum Gasteiger partial charge on any atom is -0.294 e. The van der Waals surface area contributed by atoms with Crippen LogP contribution in [0.1, 0.15) is 44.5 Å². The number of ketones is 1. The fourth-order valence-electron chi connectivity index (χ4n) is 2.41. The van der Waals surface area contributed by atoms with Crippen molar-refractivity contribution in [2.45, 2.75) is 46.0 Å². The van der Waals surface area contributed by atoms with Crippen LogP contribution in [0.4, 0.5) is 0 Å². The monoisotopic (exact) mass is 246 g/mol. The highest BCUT2D eigenvalue weighted by Crippen LogP contribution is 2.24. The predicted molar refractivity (Wildman–Crippen MR) is 72.4 cm³/mol. The molecule has 3 nitrogen and oxygen atoms in total. The van der Waals surface area contributed by atoms with Gasteiger partial charge in [0, 0.05) is 12.7 Å². The van der Waals surface area contributed by atoms with Crippen molar-refractivity contribution in [3.05, 3.63) is 29.1 Å². The van der Waals surface area contributed by atoms with Gasteiger partial charge in [0.1, 0.15) is 0 Å². The van der Waals surface area contributed by atoms with E-state index in [1.54, 1.807) is 0 Å². The molecule has 1 aromatic heterocycles. The van der Waals surface area contributed by atoms with Crippen LogP contribution in [0.3, 0.4) is 0 Å². The molecule has 0 N–H and O–H groups in total. The number of nitrogens with zero attached hydrogens (tertiary/aromatic N) is 2. The Balaban J connectivity index is 2.04. The molecule has 1 aromatic rings. The molecule has 1 heterocycles. The van der Waals surface area contributed by atoms with Gasteiger partial charge in [-0.1, -0.05) is 19.9 Å². The van der Waals surface area contributed by atoms with Gasteiger partial charge in [-0.05, 0) is 43.2 Å². The Labute approximate surface area is 109 Å². The summed E-state index contributed by atoms with van der Waals surface area (Å²) < 4.78 is 1.84. The molecule has 1 unspecified atom stereocenters. The number of aromatic nitrogens is 2. The summed E-state index contributed by atoms with van der Waals surface area (Å²) in [5.74, 6) is 0.998. The van der Waals surface area contributed by atoms with Crippen LogP contribution in [0.5, 0.6) is 0 Å². The predicted octanol–water partition coefficient (Wildman–Crippen LogP) is 2.84. The van der Waals surface area contributed by atoms with Crippen molar-refractivity contribution < 1.29 is 4.79 Å². The highest BCUT2D eigenvalue weighted by Gasteiger charge is 2.17. The maximum absolute atomic E-state index is 12.2. The number of Topliss-reactive ketones (excluding diaryl/α,β-unsaturated/α-hetero) is 1. The first-order chi connectivity index (χ1) is 8.60. The zero-order chi connectivity index (χ0) is 13.1. The number of rotatable bonds is 4. The van der Waals surface area contributed by atoms with Gasteiger partial charge in [0.25, 0.3) is 0 Å². The van der Waals surface area contributed by atoms with Crippen molar-refractivity contribution >= 4 is 5.78 Å². The summed E-state index contributed by atoms with van der Waals surface area (Å²) in [6.45, 7) is 4.32. The van der Waals surface area contributed by atoms with E-state index in [1.165, 1.54) is 0 Å². The highest BCUT2D eigenvalue weighted by atomic mass is 16.1. The second-order valence-electron chi connectivity index (χ2n) is 5.31. The van der Waals surface area contributed by atoms with Crippen LogP contribution in [-0.2, 0) is 24.7 Å². The maximum Gasteiger partial charge on any atom is 0.164 e. The molecule has 0 saturated carbocycles. The van der Waals surface area contributed by atoms with Gasteiger partial charge in [-0.15, -0.1) is 0 Å². The molecule has 0 bridgehead atoms. The number of carbonyl (C=O) groups excluding carboxylic acids is 1. The Morgan fingerprint density at radius 1 is 1.56 bits per heavy atom. The van der Waals surface area contributed by atoms with Gasteiger partial charge in [-0.2, -0.15) is 5.10 Å². The first-order valence-electron chi connectivity index (χ1n) is 6.84. The lowest BCUT2D eigenvalue weighted by Gasteiger charge is -2.17. The van der Waals surface area contributed by atoms with E-state index >= 15 is 0 Å². The van der Waals surface area contributed by atoms with Crippen LogP contribution in [0, 0.1) is 5.92 Å². The van der Waals surface area contributed by atoms with E-state index in [9.17, 15) is 4.79 Å². The van der Waals surface area contributed by atoms with Gasteiger partial charge < -0.3 is 0 Å². The topological polar surface area (TPSA) is 34.9 Å². The molecule has 0 radical (unpaired) electrons. The van der Waals surface area contributed by atoms with Crippen LogP contribution in [0.15, 0.2) is 17.7 Å². The smallest absolute Gasteiger partial charge is 0.164 e. The normalized spacial score (nSPS) is 19.7. The minimum atomic E-state index is 0.271. The molecule has 1 atom stereocenters. The van der Waals surface area contributed by atoms with E-state index in [-0.39, 0.29) is 5.78 Å². The second-order valence-corrected chi connectivity index (χ2v) is 5.31. The van der Waals surface area contributed by atoms with Gasteiger partial charge in [0.05, 0.1) is 12.1 Å². The minimum absolute atomic E-state index is 0.271. The fraction of sp³-hybridized carbons (Fsp3) is 0.600. The van der Waals surface area contributed by atoms with E-state index < -0.39 is 0 Å². The Kier molecular flexibility index (Phi) is 4.00. The summed E-state index contributed by atoms with van der Waals surface area (Å²) in [6.07, 6.45) is 6.67. The molecule has 18 heavy (non-hydrogen) atoms. The van der Waals surface area contributed by atoms with Crippen LogP contribution < -0.4 is 0 Å². The van der Waals surface area contributed by atoms with Crippen molar-refractivity contribution in [3.8, 4) is 0 Å². The van der Waals surface area contributed by atoms with Gasteiger partial charge in [-0.25, -0.2) is 0 Å². The summed E-state index contributed by atoms with van der Waals surface area (Å²) in [4.78, 5) is 12.2. The van der Waals surface area contributed by atoms with Gasteiger partial charge in [0.2, 0.25) is 0 Å². The number of aryl methyl sites for hydroxylation is 2. The molecule has 0 aliphatic heterocycles. The molecular weight excluding hydrogens is 224 g/mol. The molecule has 0 spiro atoms. The molecule has 0 aromatic carbocycles. The Bertz CT molecular complexity index is 471. The van der Waals surface area contributed by atoms with E-state index in [2.05, 4.69) is 25.0 Å². The highest BCUT2D eigenvalue weighted by molar-refractivity contribution is 5.96. The summed E-state index contributed by atoms with van der Waals surface area (Å²) in [7, 11) is 1.92. The number of hydrogen-bond acceptors (Lipinski definition) is 2. The quantitative estimate of drug-likeness (QED) is 0.818. The summed E-state index contributed by atoms with van der Waals surface area (Å²) in [5, 5.41) is 4.38. The maximum atomic E-state index is 12.2. The average Bonchev–Trinajstić information content (AvgIpc) is 2.71. The van der Waals surface area contributed by atoms with E-state index in [4.69, 9.17) is 0 Å². The van der Waals surface area contributed by atoms with Gasteiger partial charge in [-0.3, -0.25) is 9.48 Å². The molecule has 1 aliphatic carbocycles. The summed E-state index contributed by atoms with van der Waals surface area (Å²) in [5.41, 5.74) is 3.11. The standard InChI is InChI=1S/C15H22N2O/c1-4-13-9-14(17(3)16-13)10-15(18)12-7-5-11(2)6-8-12/h7,9,11H,4-6,8,10H2,1-3H3. The van der Waals surface area contributed by atoms with Crippen LogP contribution in [0.25, 0.3) is 0 Å². The van der Waals surface area contributed by atoms with Crippen molar-refractivity contribution in [2.75, 3.05) is 0 Å². The third-order valence-electron chi connectivity index (χ3n) is 3.76. The van der Waals surface area contributed by atoms with E-state index in [1.807, 2.05) is 17.8 Å². The van der Waals surface area contributed by atoms with E-state index in [0.717, 1.165) is 48.6 Å². The molecule has 0 saturated heterocycles. The Morgan fingerprint density at radius 3 is 2.89 bits per heavy atom. The second kappa shape index (κ2) is 5.51. The first-order valence-corrected chi connectivity index (χ1v) is 6.84. The molecule has 98 valence electrons. The molecule has 0 amide bonds. The van der Waals surface area contributed by atoms with Gasteiger partial charge >= 0.3 is 0 Å². The van der Waals surface area contributed by atoms with Gasteiger partial charge in [0.15, 0.2) is 5.78 Å². The van der Waals surface area contributed by atoms with Crippen molar-refractivity contribution in [1.29, 1.82) is 0 Å². The number of allylic oxidation sites excluding steroid dienone is 2. The lowest BCUT2D eigenvalue weighted by molar-refractivity contribution is -0.115. The average molecular weight is 246 g/mol.